The first-order chi connectivity index (χ1) is 10.00. The van der Waals surface area contributed by atoms with E-state index in [0.29, 0.717) is 12.2 Å². The molecule has 0 saturated carbocycles. The molecule has 0 atom stereocenters. The average Bonchev–Trinajstić information content (AvgIpc) is 2.48. The van der Waals surface area contributed by atoms with E-state index in [1.165, 1.54) is 0 Å². The lowest BCUT2D eigenvalue weighted by atomic mass is 9.83. The quantitative estimate of drug-likeness (QED) is 0.827. The van der Waals surface area contributed by atoms with Crippen LogP contribution in [0.2, 0.25) is 0 Å². The van der Waals surface area contributed by atoms with Gasteiger partial charge in [-0.25, -0.2) is 0 Å². The molecule has 1 heterocycles. The Morgan fingerprint density at radius 3 is 2.57 bits per heavy atom. The smallest absolute Gasteiger partial charge is 0.230 e. The number of hydrogen-bond donors (Lipinski definition) is 2. The molecule has 0 radical (unpaired) electrons. The van der Waals surface area contributed by atoms with Crippen molar-refractivity contribution >= 4 is 11.6 Å². The molecular weight excluding hydrogens is 262 g/mol. The fourth-order valence-corrected chi connectivity index (χ4v) is 2.12. The van der Waals surface area contributed by atoms with Crippen molar-refractivity contribution < 1.29 is 4.79 Å². The lowest BCUT2D eigenvalue weighted by Crippen LogP contribution is -2.40. The van der Waals surface area contributed by atoms with Crippen LogP contribution in [0.4, 0.5) is 5.69 Å². The summed E-state index contributed by atoms with van der Waals surface area (Å²) < 4.78 is 0. The lowest BCUT2D eigenvalue weighted by Gasteiger charge is -2.24. The predicted molar refractivity (Wildman–Crippen MR) is 84.8 cm³/mol. The lowest BCUT2D eigenvalue weighted by molar-refractivity contribution is -0.125. The third-order valence-corrected chi connectivity index (χ3v) is 3.62. The average molecular weight is 283 g/mol. The van der Waals surface area contributed by atoms with E-state index in [2.05, 4.69) is 10.3 Å². The highest BCUT2D eigenvalue weighted by molar-refractivity contribution is 5.87. The molecule has 3 N–H and O–H groups in total. The highest BCUT2D eigenvalue weighted by Crippen LogP contribution is 2.24. The maximum Gasteiger partial charge on any atom is 0.230 e. The second-order valence-corrected chi connectivity index (χ2v) is 5.61. The molecule has 4 nitrogen and oxygen atoms in total. The van der Waals surface area contributed by atoms with Gasteiger partial charge in [-0.05, 0) is 49.6 Å². The summed E-state index contributed by atoms with van der Waals surface area (Å²) in [4.78, 5) is 16.4. The highest BCUT2D eigenvalue weighted by atomic mass is 16.2. The minimum Gasteiger partial charge on any atom is -0.399 e. The van der Waals surface area contributed by atoms with E-state index in [9.17, 15) is 4.79 Å². The summed E-state index contributed by atoms with van der Waals surface area (Å²) in [6.07, 6.45) is 4.33. The summed E-state index contributed by atoms with van der Waals surface area (Å²) in [5.74, 6) is 0.0103. The zero-order chi connectivity index (χ0) is 15.3. The topological polar surface area (TPSA) is 68.0 Å². The van der Waals surface area contributed by atoms with Crippen LogP contribution in [0.25, 0.3) is 0 Å². The van der Waals surface area contributed by atoms with Gasteiger partial charge in [-0.3, -0.25) is 9.78 Å². The van der Waals surface area contributed by atoms with Crippen LogP contribution in [0.3, 0.4) is 0 Å². The van der Waals surface area contributed by atoms with Crippen LogP contribution >= 0.6 is 0 Å². The van der Waals surface area contributed by atoms with E-state index >= 15 is 0 Å². The normalized spacial score (nSPS) is 11.1. The third kappa shape index (κ3) is 3.81. The Hall–Kier alpha value is -2.36. The Kier molecular flexibility index (Phi) is 4.58. The Balaban J connectivity index is 1.94. The number of carbonyl (C=O) groups excluding carboxylic acids is 1. The van der Waals surface area contributed by atoms with Gasteiger partial charge in [-0.15, -0.1) is 0 Å². The largest absolute Gasteiger partial charge is 0.399 e. The molecule has 0 saturated heterocycles. The minimum absolute atomic E-state index is 0.0103. The number of amides is 1. The number of nitrogens with one attached hydrogen (secondary N) is 1. The van der Waals surface area contributed by atoms with Crippen LogP contribution in [-0.4, -0.2) is 17.4 Å². The fraction of sp³-hybridized carbons (Fsp3) is 0.294. The minimum atomic E-state index is -0.581. The number of pyridine rings is 1. The van der Waals surface area contributed by atoms with E-state index in [-0.39, 0.29) is 5.91 Å². The molecular formula is C17H21N3O. The number of nitrogen functional groups attached to an aromatic ring is 1. The zero-order valence-electron chi connectivity index (χ0n) is 12.5. The summed E-state index contributed by atoms with van der Waals surface area (Å²) in [7, 11) is 0. The van der Waals surface area contributed by atoms with Crippen molar-refractivity contribution in [1.82, 2.24) is 10.3 Å². The van der Waals surface area contributed by atoms with Crippen molar-refractivity contribution in [2.45, 2.75) is 25.7 Å². The molecule has 110 valence electrons. The number of carbonyl (C=O) groups is 1. The molecule has 2 rings (SSSR count). The van der Waals surface area contributed by atoms with E-state index in [0.717, 1.165) is 17.5 Å². The van der Waals surface area contributed by atoms with Crippen LogP contribution in [-0.2, 0) is 16.6 Å². The fourth-order valence-electron chi connectivity index (χ4n) is 2.12. The molecule has 0 bridgehead atoms. The predicted octanol–water partition coefficient (Wildman–Crippen LogP) is 2.30. The van der Waals surface area contributed by atoms with Gasteiger partial charge in [0.2, 0.25) is 5.91 Å². The second kappa shape index (κ2) is 6.39. The van der Waals surface area contributed by atoms with Gasteiger partial charge in [-0.1, -0.05) is 18.2 Å². The van der Waals surface area contributed by atoms with Crippen LogP contribution in [0.15, 0.2) is 48.8 Å². The molecule has 0 spiro atoms. The molecule has 0 aliphatic heterocycles. The van der Waals surface area contributed by atoms with E-state index < -0.39 is 5.41 Å². The van der Waals surface area contributed by atoms with Gasteiger partial charge in [0.1, 0.15) is 0 Å². The standard InChI is InChI=1S/C17H21N3O/c1-17(2,14-5-7-15(18)8-6-14)16(21)20-11-9-13-4-3-10-19-12-13/h3-8,10,12H,9,11,18H2,1-2H3,(H,20,21). The molecule has 0 unspecified atom stereocenters. The first kappa shape index (κ1) is 15.0. The van der Waals surface area contributed by atoms with Gasteiger partial charge in [-0.2, -0.15) is 0 Å². The Morgan fingerprint density at radius 2 is 1.95 bits per heavy atom. The molecule has 0 aliphatic rings. The highest BCUT2D eigenvalue weighted by Gasteiger charge is 2.29. The Bertz CT molecular complexity index is 591. The van der Waals surface area contributed by atoms with Gasteiger partial charge >= 0.3 is 0 Å². The van der Waals surface area contributed by atoms with Crippen molar-refractivity contribution in [2.75, 3.05) is 12.3 Å². The van der Waals surface area contributed by atoms with Crippen LogP contribution < -0.4 is 11.1 Å². The number of hydrogen-bond acceptors (Lipinski definition) is 3. The molecule has 2 aromatic rings. The number of nitrogens with two attached hydrogens (primary N) is 1. The number of nitrogens with zero attached hydrogens (tertiary/aromatic N) is 1. The van der Waals surface area contributed by atoms with Gasteiger partial charge in [0.15, 0.2) is 0 Å². The summed E-state index contributed by atoms with van der Waals surface area (Å²) in [5.41, 5.74) is 7.87. The summed E-state index contributed by atoms with van der Waals surface area (Å²) in [6, 6.07) is 11.3. The van der Waals surface area contributed by atoms with Gasteiger partial charge < -0.3 is 11.1 Å². The van der Waals surface area contributed by atoms with E-state index in [1.807, 2.05) is 56.4 Å². The van der Waals surface area contributed by atoms with Crippen molar-refractivity contribution in [2.24, 2.45) is 0 Å². The summed E-state index contributed by atoms with van der Waals surface area (Å²) in [6.45, 7) is 4.43. The molecule has 1 amide bonds. The number of aromatic nitrogens is 1. The van der Waals surface area contributed by atoms with E-state index in [1.54, 1.807) is 6.20 Å². The second-order valence-electron chi connectivity index (χ2n) is 5.61. The van der Waals surface area contributed by atoms with Crippen molar-refractivity contribution in [3.8, 4) is 0 Å². The molecule has 0 aliphatic carbocycles. The first-order valence-electron chi connectivity index (χ1n) is 7.03. The summed E-state index contributed by atoms with van der Waals surface area (Å²) in [5, 5.41) is 2.99. The SMILES string of the molecule is CC(C)(C(=O)NCCc1cccnc1)c1ccc(N)cc1. The Labute approximate surface area is 125 Å². The van der Waals surface area contributed by atoms with Gasteiger partial charge in [0.05, 0.1) is 5.41 Å². The third-order valence-electron chi connectivity index (χ3n) is 3.62. The molecule has 0 fully saturated rings. The number of benzene rings is 1. The molecule has 1 aromatic carbocycles. The van der Waals surface area contributed by atoms with E-state index in [4.69, 9.17) is 5.73 Å². The molecule has 1 aromatic heterocycles. The Morgan fingerprint density at radius 1 is 1.24 bits per heavy atom. The van der Waals surface area contributed by atoms with Crippen LogP contribution in [0.1, 0.15) is 25.0 Å². The summed E-state index contributed by atoms with van der Waals surface area (Å²) >= 11 is 0. The van der Waals surface area contributed by atoms with Crippen molar-refractivity contribution in [3.63, 3.8) is 0 Å². The van der Waals surface area contributed by atoms with Crippen LogP contribution in [0, 0.1) is 0 Å². The number of anilines is 1. The number of rotatable bonds is 5. The molecule has 4 heteroatoms. The van der Waals surface area contributed by atoms with Gasteiger partial charge in [0.25, 0.3) is 0 Å². The zero-order valence-corrected chi connectivity index (χ0v) is 12.5. The van der Waals surface area contributed by atoms with Crippen LogP contribution in [0.5, 0.6) is 0 Å². The maximum absolute atomic E-state index is 12.4. The maximum atomic E-state index is 12.4. The van der Waals surface area contributed by atoms with Crippen molar-refractivity contribution in [3.05, 3.63) is 59.9 Å². The first-order valence-corrected chi connectivity index (χ1v) is 7.03. The van der Waals surface area contributed by atoms with Crippen molar-refractivity contribution in [1.29, 1.82) is 0 Å². The monoisotopic (exact) mass is 283 g/mol. The molecule has 21 heavy (non-hydrogen) atoms. The van der Waals surface area contributed by atoms with Gasteiger partial charge in [0, 0.05) is 24.6 Å².